The molecule has 2 aliphatic heterocycles. The van der Waals surface area contributed by atoms with Gasteiger partial charge >= 0.3 is 0 Å². The number of fused-ring (bicyclic) bond motifs is 1. The number of amides is 1. The molecular weight excluding hydrogens is 526 g/mol. The van der Waals surface area contributed by atoms with Gasteiger partial charge in [-0.3, -0.25) is 4.79 Å². The van der Waals surface area contributed by atoms with E-state index in [2.05, 4.69) is 19.7 Å². The molecule has 9 nitrogen and oxygen atoms in total. The van der Waals surface area contributed by atoms with E-state index in [9.17, 15) is 13.2 Å². The van der Waals surface area contributed by atoms with Gasteiger partial charge in [-0.2, -0.15) is 0 Å². The highest BCUT2D eigenvalue weighted by atomic mass is 35.5. The van der Waals surface area contributed by atoms with Crippen molar-refractivity contribution in [3.8, 4) is 0 Å². The summed E-state index contributed by atoms with van der Waals surface area (Å²) < 4.78 is 33.1. The fourth-order valence-electron chi connectivity index (χ4n) is 5.11. The van der Waals surface area contributed by atoms with Crippen LogP contribution in [0.15, 0.2) is 51.9 Å². The smallest absolute Gasteiger partial charge is 0.264 e. The van der Waals surface area contributed by atoms with Crippen molar-refractivity contribution < 1.29 is 17.7 Å². The highest BCUT2D eigenvalue weighted by Crippen LogP contribution is 2.32. The zero-order chi connectivity index (χ0) is 27.0. The van der Waals surface area contributed by atoms with Crippen molar-refractivity contribution in [2.45, 2.75) is 44.6 Å². The van der Waals surface area contributed by atoms with Gasteiger partial charge in [0, 0.05) is 54.7 Å². The Balaban J connectivity index is 1.20. The van der Waals surface area contributed by atoms with Gasteiger partial charge in [-0.25, -0.2) is 13.1 Å². The molecule has 1 saturated heterocycles. The second kappa shape index (κ2) is 10.5. The number of aromatic nitrogens is 1. The topological polar surface area (TPSA) is 99.0 Å². The summed E-state index contributed by atoms with van der Waals surface area (Å²) in [7, 11) is -3.80. The summed E-state index contributed by atoms with van der Waals surface area (Å²) in [5.41, 5.74) is 4.49. The molecule has 38 heavy (non-hydrogen) atoms. The second-order valence-corrected chi connectivity index (χ2v) is 12.0. The highest BCUT2D eigenvalue weighted by molar-refractivity contribution is 7.92. The maximum Gasteiger partial charge on any atom is 0.264 e. The molecule has 3 aromatic rings. The normalized spacial score (nSPS) is 16.8. The van der Waals surface area contributed by atoms with Crippen LogP contribution in [0, 0.1) is 13.8 Å². The summed E-state index contributed by atoms with van der Waals surface area (Å²) in [5.74, 6) is 0.247. The van der Waals surface area contributed by atoms with Crippen molar-refractivity contribution in [2.75, 3.05) is 47.2 Å². The van der Waals surface area contributed by atoms with Crippen LogP contribution in [0.4, 0.5) is 17.3 Å². The first-order valence-corrected chi connectivity index (χ1v) is 14.6. The zero-order valence-electron chi connectivity index (χ0n) is 21.8. The van der Waals surface area contributed by atoms with Crippen molar-refractivity contribution in [1.29, 1.82) is 0 Å². The molecule has 1 aromatic heterocycles. The number of benzene rings is 2. The predicted octanol–water partition coefficient (Wildman–Crippen LogP) is 4.24. The molecule has 2 aliphatic rings. The molecule has 0 aliphatic carbocycles. The average molecular weight is 558 g/mol. The molecule has 11 heteroatoms. The van der Waals surface area contributed by atoms with Crippen molar-refractivity contribution in [3.63, 3.8) is 0 Å². The van der Waals surface area contributed by atoms with Gasteiger partial charge in [0.1, 0.15) is 6.04 Å². The second-order valence-electron chi connectivity index (χ2n) is 9.88. The minimum Gasteiger partial charge on any atom is -0.368 e. The molecule has 1 N–H and O–H groups in total. The van der Waals surface area contributed by atoms with E-state index in [4.69, 9.17) is 16.1 Å². The number of piperazine rings is 1. The number of carbonyl (C=O) groups excluding carboxylic acids is 1. The number of hydrogen-bond donors (Lipinski definition) is 1. The number of nitrogens with zero attached hydrogens (tertiary/aromatic N) is 4. The van der Waals surface area contributed by atoms with Crippen molar-refractivity contribution in [3.05, 3.63) is 64.3 Å². The summed E-state index contributed by atoms with van der Waals surface area (Å²) in [5, 5.41) is 4.52. The van der Waals surface area contributed by atoms with Gasteiger partial charge in [0.15, 0.2) is 0 Å². The first-order valence-electron chi connectivity index (χ1n) is 12.8. The lowest BCUT2D eigenvalue weighted by molar-refractivity contribution is -0.132. The van der Waals surface area contributed by atoms with Crippen LogP contribution in [-0.2, 0) is 21.2 Å². The van der Waals surface area contributed by atoms with E-state index < -0.39 is 10.0 Å². The third-order valence-electron chi connectivity index (χ3n) is 7.51. The van der Waals surface area contributed by atoms with Gasteiger partial charge in [-0.15, -0.1) is 0 Å². The number of halogens is 1. The van der Waals surface area contributed by atoms with Gasteiger partial charge in [-0.1, -0.05) is 16.8 Å². The Morgan fingerprint density at radius 1 is 1.05 bits per heavy atom. The molecule has 5 rings (SSSR count). The van der Waals surface area contributed by atoms with Gasteiger partial charge in [0.2, 0.25) is 11.8 Å². The maximum atomic E-state index is 13.4. The summed E-state index contributed by atoms with van der Waals surface area (Å²) in [6.07, 6.45) is 1.97. The number of rotatable bonds is 6. The Morgan fingerprint density at radius 2 is 1.76 bits per heavy atom. The summed E-state index contributed by atoms with van der Waals surface area (Å²) in [6, 6.07) is 12.4. The van der Waals surface area contributed by atoms with Crippen LogP contribution < -0.4 is 14.5 Å². The van der Waals surface area contributed by atoms with E-state index in [1.165, 1.54) is 5.56 Å². The third kappa shape index (κ3) is 5.19. The summed E-state index contributed by atoms with van der Waals surface area (Å²) >= 11 is 6.19. The lowest BCUT2D eigenvalue weighted by Crippen LogP contribution is -2.55. The molecule has 2 aromatic carbocycles. The molecule has 0 unspecified atom stereocenters. The average Bonchev–Trinajstić information content (AvgIpc) is 3.23. The summed E-state index contributed by atoms with van der Waals surface area (Å²) in [6.45, 7) is 8.89. The van der Waals surface area contributed by atoms with Crippen molar-refractivity contribution in [2.24, 2.45) is 0 Å². The molecule has 0 saturated carbocycles. The van der Waals surface area contributed by atoms with E-state index >= 15 is 0 Å². The highest BCUT2D eigenvalue weighted by Gasteiger charge is 2.31. The molecule has 1 atom stereocenters. The van der Waals surface area contributed by atoms with E-state index in [0.717, 1.165) is 35.8 Å². The number of nitrogens with one attached hydrogen (secondary N) is 1. The van der Waals surface area contributed by atoms with Gasteiger partial charge in [0.05, 0.1) is 10.6 Å². The van der Waals surface area contributed by atoms with Crippen LogP contribution in [0.1, 0.15) is 30.2 Å². The van der Waals surface area contributed by atoms with E-state index in [1.807, 2.05) is 30.0 Å². The number of anilines is 3. The number of aryl methyl sites for hydroxylation is 2. The monoisotopic (exact) mass is 557 g/mol. The molecule has 0 radical (unpaired) electrons. The number of hydrogen-bond acceptors (Lipinski definition) is 7. The maximum absolute atomic E-state index is 13.4. The third-order valence-corrected chi connectivity index (χ3v) is 9.09. The number of carbonyl (C=O) groups is 1. The fourth-order valence-corrected chi connectivity index (χ4v) is 6.35. The lowest BCUT2D eigenvalue weighted by atomic mass is 10.00. The first kappa shape index (κ1) is 26.4. The molecule has 0 bridgehead atoms. The predicted molar refractivity (Wildman–Crippen MR) is 149 cm³/mol. The minimum absolute atomic E-state index is 0.123. The van der Waals surface area contributed by atoms with Gasteiger partial charge in [-0.05, 0) is 81.6 Å². The summed E-state index contributed by atoms with van der Waals surface area (Å²) in [4.78, 5) is 19.8. The van der Waals surface area contributed by atoms with Crippen LogP contribution in [0.25, 0.3) is 0 Å². The quantitative estimate of drug-likeness (QED) is 0.484. The minimum atomic E-state index is -3.80. The van der Waals surface area contributed by atoms with E-state index in [1.54, 1.807) is 38.1 Å². The van der Waals surface area contributed by atoms with Crippen LogP contribution in [0.5, 0.6) is 0 Å². The molecular formula is C27H32ClN5O4S. The largest absolute Gasteiger partial charge is 0.368 e. The zero-order valence-corrected chi connectivity index (χ0v) is 23.3. The van der Waals surface area contributed by atoms with Crippen LogP contribution in [-0.4, -0.2) is 63.1 Å². The molecule has 3 heterocycles. The Hall–Kier alpha value is -3.24. The van der Waals surface area contributed by atoms with Crippen molar-refractivity contribution in [1.82, 2.24) is 10.1 Å². The Bertz CT molecular complexity index is 1430. The van der Waals surface area contributed by atoms with Crippen LogP contribution in [0.3, 0.4) is 0 Å². The Morgan fingerprint density at radius 3 is 2.42 bits per heavy atom. The molecule has 202 valence electrons. The Kier molecular flexibility index (Phi) is 7.28. The van der Waals surface area contributed by atoms with Crippen LogP contribution >= 0.6 is 11.6 Å². The first-order chi connectivity index (χ1) is 18.1. The molecule has 1 amide bonds. The lowest BCUT2D eigenvalue weighted by Gasteiger charge is -2.41. The van der Waals surface area contributed by atoms with Crippen molar-refractivity contribution >= 4 is 44.8 Å². The number of sulfonamides is 1. The molecule has 0 spiro atoms. The van der Waals surface area contributed by atoms with Gasteiger partial charge in [0.25, 0.3) is 10.0 Å². The van der Waals surface area contributed by atoms with Crippen LogP contribution in [0.2, 0.25) is 5.02 Å². The molecule has 1 fully saturated rings. The Labute approximate surface area is 228 Å². The SMILES string of the molecule is Cc1noc(NS(=O)(=O)c2ccc(N3CCN(C(=O)[C@@H](C)N4CCCc5cc(Cl)ccc54)CC3)cc2)c1C. The van der Waals surface area contributed by atoms with Gasteiger partial charge < -0.3 is 19.2 Å². The van der Waals surface area contributed by atoms with E-state index in [0.29, 0.717) is 37.4 Å². The fraction of sp³-hybridized carbons (Fsp3) is 0.407. The van der Waals surface area contributed by atoms with E-state index in [-0.39, 0.29) is 22.7 Å². The standard InChI is InChI=1S/C27H32ClN5O4S/c1-18-19(2)29-37-26(18)30-38(35,36)24-9-7-23(8-10-24)31-13-15-32(16-14-31)27(34)20(3)33-12-4-5-21-17-22(28)6-11-25(21)33/h6-11,17,20,30H,4-5,12-16H2,1-3H3/t20-/m1/s1.